The van der Waals surface area contributed by atoms with Gasteiger partial charge in [-0.3, -0.25) is 4.99 Å². The first kappa shape index (κ1) is 24.1. The third-order valence-electron chi connectivity index (χ3n) is 3.68. The summed E-state index contributed by atoms with van der Waals surface area (Å²) >= 11 is 0. The molecule has 0 unspecified atom stereocenters. The quantitative estimate of drug-likeness (QED) is 0.218. The monoisotopic (exact) mass is 482 g/mol. The molecule has 0 saturated heterocycles. The van der Waals surface area contributed by atoms with Gasteiger partial charge >= 0.3 is 0 Å². The van der Waals surface area contributed by atoms with Crippen LogP contribution in [0.15, 0.2) is 34.2 Å². The number of benzene rings is 1. The van der Waals surface area contributed by atoms with Gasteiger partial charge in [-0.25, -0.2) is 13.6 Å². The van der Waals surface area contributed by atoms with Crippen molar-refractivity contribution in [2.45, 2.75) is 44.4 Å². The van der Waals surface area contributed by atoms with Crippen molar-refractivity contribution in [2.24, 2.45) is 16.0 Å². The van der Waals surface area contributed by atoms with E-state index in [0.717, 1.165) is 43.4 Å². The number of rotatable bonds is 9. The molecule has 4 N–H and O–H groups in total. The van der Waals surface area contributed by atoms with Crippen LogP contribution in [0, 0.1) is 5.92 Å². The van der Waals surface area contributed by atoms with Gasteiger partial charge in [-0.15, -0.1) is 24.0 Å². The average molecular weight is 482 g/mol. The molecule has 0 atom stereocenters. The molecule has 1 rings (SSSR count). The van der Waals surface area contributed by atoms with Crippen molar-refractivity contribution in [3.63, 3.8) is 0 Å². The highest BCUT2D eigenvalue weighted by molar-refractivity contribution is 14.0. The lowest BCUT2D eigenvalue weighted by Crippen LogP contribution is -2.38. The number of aliphatic imine (C=N–C) groups is 1. The minimum Gasteiger partial charge on any atom is -0.356 e. The van der Waals surface area contributed by atoms with Gasteiger partial charge in [0.25, 0.3) is 0 Å². The van der Waals surface area contributed by atoms with Crippen LogP contribution in [-0.4, -0.2) is 34.5 Å². The summed E-state index contributed by atoms with van der Waals surface area (Å²) in [7, 11) is -1.87. The summed E-state index contributed by atoms with van der Waals surface area (Å²) in [5.41, 5.74) is 1.04. The standard InChI is InChI=1S/C17H30N4O2S.HI/c1-14(2)6-4-5-12-20-17(19-3)21-13-11-15-7-9-16(10-8-15)24(18,22)23;/h7-10,14H,4-6,11-13H2,1-3H3,(H2,18,22,23)(H2,19,20,21);1H. The number of hydrogen-bond acceptors (Lipinski definition) is 3. The summed E-state index contributed by atoms with van der Waals surface area (Å²) in [5.74, 6) is 1.55. The van der Waals surface area contributed by atoms with Gasteiger partial charge in [0, 0.05) is 20.1 Å². The fourth-order valence-electron chi connectivity index (χ4n) is 2.28. The van der Waals surface area contributed by atoms with Gasteiger partial charge in [-0.2, -0.15) is 0 Å². The number of unbranched alkanes of at least 4 members (excludes halogenated alkanes) is 1. The number of guanidine groups is 1. The molecule has 144 valence electrons. The van der Waals surface area contributed by atoms with E-state index in [4.69, 9.17) is 5.14 Å². The Morgan fingerprint density at radius 3 is 2.24 bits per heavy atom. The second kappa shape index (κ2) is 12.5. The van der Waals surface area contributed by atoms with Crippen molar-refractivity contribution in [2.75, 3.05) is 20.1 Å². The van der Waals surface area contributed by atoms with E-state index in [9.17, 15) is 8.42 Å². The van der Waals surface area contributed by atoms with Crippen LogP contribution in [0.25, 0.3) is 0 Å². The second-order valence-corrected chi connectivity index (χ2v) is 7.82. The van der Waals surface area contributed by atoms with Crippen LogP contribution in [0.5, 0.6) is 0 Å². The summed E-state index contributed by atoms with van der Waals surface area (Å²) < 4.78 is 22.4. The van der Waals surface area contributed by atoms with Crippen molar-refractivity contribution >= 4 is 40.0 Å². The van der Waals surface area contributed by atoms with E-state index in [1.807, 2.05) is 0 Å². The lowest BCUT2D eigenvalue weighted by atomic mass is 10.1. The Balaban J connectivity index is 0.00000576. The molecule has 0 fully saturated rings. The normalized spacial score (nSPS) is 12.0. The third-order valence-corrected chi connectivity index (χ3v) is 4.61. The summed E-state index contributed by atoms with van der Waals surface area (Å²) in [5, 5.41) is 11.6. The Morgan fingerprint density at radius 1 is 1.12 bits per heavy atom. The smallest absolute Gasteiger partial charge is 0.238 e. The van der Waals surface area contributed by atoms with E-state index >= 15 is 0 Å². The average Bonchev–Trinajstić information content (AvgIpc) is 2.52. The summed E-state index contributed by atoms with van der Waals surface area (Å²) in [6.45, 7) is 6.11. The van der Waals surface area contributed by atoms with E-state index in [1.165, 1.54) is 25.0 Å². The first-order chi connectivity index (χ1) is 11.3. The number of primary sulfonamides is 1. The molecule has 0 aliphatic rings. The Hall–Kier alpha value is -0.870. The molecule has 25 heavy (non-hydrogen) atoms. The zero-order valence-electron chi connectivity index (χ0n) is 15.3. The number of sulfonamides is 1. The van der Waals surface area contributed by atoms with E-state index in [1.54, 1.807) is 19.2 Å². The molecule has 0 aliphatic carbocycles. The van der Waals surface area contributed by atoms with Crippen LogP contribution in [0.3, 0.4) is 0 Å². The van der Waals surface area contributed by atoms with Crippen molar-refractivity contribution in [3.05, 3.63) is 29.8 Å². The fraction of sp³-hybridized carbons (Fsp3) is 0.588. The Kier molecular flexibility index (Phi) is 12.0. The molecule has 0 spiro atoms. The zero-order chi connectivity index (χ0) is 18.0. The molecule has 0 aromatic heterocycles. The third kappa shape index (κ3) is 10.7. The van der Waals surface area contributed by atoms with Crippen molar-refractivity contribution in [1.29, 1.82) is 0 Å². The van der Waals surface area contributed by atoms with Gasteiger partial charge in [0.15, 0.2) is 5.96 Å². The minimum atomic E-state index is -3.62. The predicted octanol–water partition coefficient (Wildman–Crippen LogP) is 2.49. The van der Waals surface area contributed by atoms with E-state index < -0.39 is 10.0 Å². The molecule has 0 heterocycles. The van der Waals surface area contributed by atoms with Gasteiger partial charge in [0.05, 0.1) is 4.90 Å². The first-order valence-corrected chi connectivity index (χ1v) is 9.94. The Labute approximate surface area is 169 Å². The molecule has 6 nitrogen and oxygen atoms in total. The molecule has 0 aliphatic heterocycles. The van der Waals surface area contributed by atoms with E-state index in [0.29, 0.717) is 0 Å². The number of halogens is 1. The molecule has 1 aromatic carbocycles. The van der Waals surface area contributed by atoms with Gasteiger partial charge in [0.2, 0.25) is 10.0 Å². The topological polar surface area (TPSA) is 96.6 Å². The van der Waals surface area contributed by atoms with E-state index in [-0.39, 0.29) is 28.9 Å². The molecule has 0 bridgehead atoms. The van der Waals surface area contributed by atoms with Gasteiger partial charge in [-0.1, -0.05) is 38.8 Å². The predicted molar refractivity (Wildman–Crippen MR) is 115 cm³/mol. The first-order valence-electron chi connectivity index (χ1n) is 8.39. The molecule has 1 aromatic rings. The number of nitrogens with two attached hydrogens (primary N) is 1. The largest absolute Gasteiger partial charge is 0.356 e. The summed E-state index contributed by atoms with van der Waals surface area (Å²) in [6, 6.07) is 6.63. The van der Waals surface area contributed by atoms with Crippen LogP contribution in [0.4, 0.5) is 0 Å². The molecular weight excluding hydrogens is 451 g/mol. The van der Waals surface area contributed by atoms with Crippen molar-refractivity contribution in [3.8, 4) is 0 Å². The fourth-order valence-corrected chi connectivity index (χ4v) is 2.79. The Bertz CT molecular complexity index is 616. The minimum absolute atomic E-state index is 0. The van der Waals surface area contributed by atoms with E-state index in [2.05, 4.69) is 29.5 Å². The zero-order valence-corrected chi connectivity index (χ0v) is 18.4. The Morgan fingerprint density at radius 2 is 1.72 bits per heavy atom. The maximum Gasteiger partial charge on any atom is 0.238 e. The molecular formula is C17H31IN4O2S. The van der Waals surface area contributed by atoms with Crippen LogP contribution >= 0.6 is 24.0 Å². The SMILES string of the molecule is CN=C(NCCCCC(C)C)NCCc1ccc(S(N)(=O)=O)cc1.I. The second-order valence-electron chi connectivity index (χ2n) is 6.25. The van der Waals surface area contributed by atoms with Gasteiger partial charge < -0.3 is 10.6 Å². The lowest BCUT2D eigenvalue weighted by Gasteiger charge is -2.12. The van der Waals surface area contributed by atoms with Crippen LogP contribution in [0.2, 0.25) is 0 Å². The maximum absolute atomic E-state index is 11.2. The van der Waals surface area contributed by atoms with Crippen molar-refractivity contribution in [1.82, 2.24) is 10.6 Å². The van der Waals surface area contributed by atoms with Crippen molar-refractivity contribution < 1.29 is 8.42 Å². The number of hydrogen-bond donors (Lipinski definition) is 3. The highest BCUT2D eigenvalue weighted by Crippen LogP contribution is 2.09. The maximum atomic E-state index is 11.2. The van der Waals surface area contributed by atoms with Crippen LogP contribution < -0.4 is 15.8 Å². The highest BCUT2D eigenvalue weighted by atomic mass is 127. The number of nitrogens with zero attached hydrogens (tertiary/aromatic N) is 1. The van der Waals surface area contributed by atoms with Gasteiger partial charge in [-0.05, 0) is 36.5 Å². The van der Waals surface area contributed by atoms with Crippen LogP contribution in [0.1, 0.15) is 38.7 Å². The lowest BCUT2D eigenvalue weighted by molar-refractivity contribution is 0.534. The number of nitrogens with one attached hydrogen (secondary N) is 2. The highest BCUT2D eigenvalue weighted by Gasteiger charge is 2.06. The molecule has 0 radical (unpaired) electrons. The summed E-state index contributed by atoms with van der Waals surface area (Å²) in [6.07, 6.45) is 4.38. The van der Waals surface area contributed by atoms with Gasteiger partial charge in [0.1, 0.15) is 0 Å². The molecule has 0 amide bonds. The summed E-state index contributed by atoms with van der Waals surface area (Å²) in [4.78, 5) is 4.33. The molecule has 0 saturated carbocycles. The molecule has 8 heteroatoms. The van der Waals surface area contributed by atoms with Crippen LogP contribution in [-0.2, 0) is 16.4 Å².